The van der Waals surface area contributed by atoms with E-state index in [0.717, 1.165) is 11.0 Å². The van der Waals surface area contributed by atoms with Gasteiger partial charge in [0.05, 0.1) is 23.1 Å². The third kappa shape index (κ3) is 4.19. The number of anilines is 2. The van der Waals surface area contributed by atoms with E-state index in [2.05, 4.69) is 0 Å². The van der Waals surface area contributed by atoms with Crippen molar-refractivity contribution in [3.63, 3.8) is 0 Å². The van der Waals surface area contributed by atoms with Gasteiger partial charge in [0.15, 0.2) is 33.0 Å². The van der Waals surface area contributed by atoms with E-state index in [4.69, 9.17) is 23.2 Å². The molecule has 16 heteroatoms. The molecule has 2 N–H and O–H groups in total. The summed E-state index contributed by atoms with van der Waals surface area (Å²) in [5.41, 5.74) is -1.81. The van der Waals surface area contributed by atoms with Gasteiger partial charge in [0.1, 0.15) is 11.4 Å². The van der Waals surface area contributed by atoms with Gasteiger partial charge in [-0.3, -0.25) is 24.1 Å². The number of carbonyl (C=O) groups excluding carboxylic acids is 4. The Morgan fingerprint density at radius 1 is 0.796 bits per heavy atom. The smallest absolute Gasteiger partial charge is 0.335 e. The van der Waals surface area contributed by atoms with Crippen LogP contribution in [0.15, 0.2) is 60.2 Å². The van der Waals surface area contributed by atoms with Gasteiger partial charge in [-0.25, -0.2) is 31.6 Å². The first kappa shape index (κ1) is 32.7. The molecule has 2 aliphatic carbocycles. The first-order valence-corrected chi connectivity index (χ1v) is 15.3. The number of allylic oxidation sites excluding steroid dienone is 2. The van der Waals surface area contributed by atoms with Crippen LogP contribution in [0.5, 0.6) is 5.75 Å². The van der Waals surface area contributed by atoms with Crippen molar-refractivity contribution in [1.82, 2.24) is 0 Å². The lowest BCUT2D eigenvalue weighted by atomic mass is 9.56. The maximum absolute atomic E-state index is 15.1. The average Bonchev–Trinajstić information content (AvgIpc) is 3.41. The van der Waals surface area contributed by atoms with E-state index in [1.165, 1.54) is 48.5 Å². The van der Waals surface area contributed by atoms with Gasteiger partial charge in [-0.15, -0.1) is 23.2 Å². The second kappa shape index (κ2) is 10.8. The van der Waals surface area contributed by atoms with E-state index in [-0.39, 0.29) is 39.5 Å². The summed E-state index contributed by atoms with van der Waals surface area (Å²) in [7, 11) is 0. The van der Waals surface area contributed by atoms with Gasteiger partial charge in [-0.1, -0.05) is 29.8 Å². The minimum absolute atomic E-state index is 0.0476. The fourth-order valence-electron chi connectivity index (χ4n) is 7.64. The number of benzene rings is 3. The predicted molar refractivity (Wildman–Crippen MR) is 160 cm³/mol. The molecule has 0 spiro atoms. The zero-order chi connectivity index (χ0) is 35.5. The Bertz CT molecular complexity index is 2070. The molecule has 6 atom stereocenters. The van der Waals surface area contributed by atoms with Crippen molar-refractivity contribution in [1.29, 1.82) is 0 Å². The summed E-state index contributed by atoms with van der Waals surface area (Å²) >= 11 is 14.1. The van der Waals surface area contributed by atoms with Crippen LogP contribution in [0.4, 0.5) is 33.3 Å². The number of carboxylic acid groups (broad SMARTS) is 1. The van der Waals surface area contributed by atoms with Crippen LogP contribution in [0.25, 0.3) is 0 Å². The van der Waals surface area contributed by atoms with Crippen molar-refractivity contribution < 1.29 is 56.1 Å². The van der Waals surface area contributed by atoms with E-state index in [1.807, 2.05) is 0 Å². The van der Waals surface area contributed by atoms with Crippen LogP contribution >= 0.6 is 23.2 Å². The molecule has 7 rings (SSSR count). The Hall–Kier alpha value is -4.82. The molecule has 0 radical (unpaired) electrons. The highest BCUT2D eigenvalue weighted by Gasteiger charge is 2.77. The Morgan fingerprint density at radius 3 is 2.02 bits per heavy atom. The van der Waals surface area contributed by atoms with Gasteiger partial charge in [0, 0.05) is 5.92 Å². The fraction of sp³-hybridized carbons (Fsp3) is 0.242. The second-order valence-corrected chi connectivity index (χ2v) is 13.4. The predicted octanol–water partition coefficient (Wildman–Crippen LogP) is 5.55. The number of carbonyl (C=O) groups is 5. The van der Waals surface area contributed by atoms with Gasteiger partial charge in [0.2, 0.25) is 17.6 Å². The van der Waals surface area contributed by atoms with E-state index in [0.29, 0.717) is 0 Å². The van der Waals surface area contributed by atoms with Crippen LogP contribution in [0.3, 0.4) is 0 Å². The third-order valence-corrected chi connectivity index (χ3v) is 11.2. The molecule has 0 aromatic heterocycles. The quantitative estimate of drug-likeness (QED) is 0.0902. The summed E-state index contributed by atoms with van der Waals surface area (Å²) in [4.78, 5) is 63.0. The number of rotatable bonds is 4. The number of aromatic carboxylic acids is 1. The second-order valence-electron chi connectivity index (χ2n) is 12.2. The zero-order valence-corrected chi connectivity index (χ0v) is 25.9. The van der Waals surface area contributed by atoms with Crippen LogP contribution in [0.1, 0.15) is 34.7 Å². The largest absolute Gasteiger partial charge is 0.508 e. The topological polar surface area (TPSA) is 132 Å². The molecule has 4 amide bonds. The number of aromatic hydroxyl groups is 1. The number of phenols is 1. The number of fused-ring (bicyclic) bond motifs is 4. The van der Waals surface area contributed by atoms with Crippen molar-refractivity contribution in [3.8, 4) is 5.75 Å². The Morgan fingerprint density at radius 2 is 1.41 bits per heavy atom. The van der Waals surface area contributed by atoms with Crippen molar-refractivity contribution in [3.05, 3.63) is 100 Å². The molecule has 3 aromatic rings. The minimum Gasteiger partial charge on any atom is -0.508 e. The lowest BCUT2D eigenvalue weighted by molar-refractivity contribution is -0.125. The SMILES string of the molecule is O=C(O)c1cccc(N2C(=O)C3CC=C4C(CC5(Cl)C(=O)N(c6c(F)c(F)c(F)c(F)c6F)C(=O)C5(Cl)C4c4ccc(O)cc4)C3C2=O)c1. The summed E-state index contributed by atoms with van der Waals surface area (Å²) in [5.74, 6) is -23.7. The van der Waals surface area contributed by atoms with Crippen LogP contribution in [-0.2, 0) is 19.2 Å². The van der Waals surface area contributed by atoms with Gasteiger partial charge in [0.25, 0.3) is 11.8 Å². The average molecular weight is 721 g/mol. The normalized spacial score (nSPS) is 29.2. The molecule has 252 valence electrons. The van der Waals surface area contributed by atoms with E-state index >= 15 is 8.78 Å². The molecule has 3 fully saturated rings. The van der Waals surface area contributed by atoms with Crippen LogP contribution in [0.2, 0.25) is 0 Å². The number of hydrogen-bond donors (Lipinski definition) is 2. The maximum Gasteiger partial charge on any atom is 0.335 e. The number of carboxylic acids is 1. The number of hydrogen-bond acceptors (Lipinski definition) is 6. The number of phenolic OH excluding ortho intramolecular Hbond substituents is 1. The molecule has 2 heterocycles. The number of alkyl halides is 2. The summed E-state index contributed by atoms with van der Waals surface area (Å²) in [6, 6.07) is 10.1. The third-order valence-electron chi connectivity index (χ3n) is 9.80. The number of imide groups is 2. The first-order valence-electron chi connectivity index (χ1n) is 14.5. The lowest BCUT2D eigenvalue weighted by Crippen LogP contribution is -2.60. The van der Waals surface area contributed by atoms with Crippen molar-refractivity contribution >= 4 is 64.2 Å². The summed E-state index contributed by atoms with van der Waals surface area (Å²) in [6.07, 6.45) is 0.722. The van der Waals surface area contributed by atoms with Gasteiger partial charge in [-0.05, 0) is 54.7 Å². The lowest BCUT2D eigenvalue weighted by Gasteiger charge is -2.50. The van der Waals surface area contributed by atoms with E-state index in [9.17, 15) is 47.4 Å². The van der Waals surface area contributed by atoms with Crippen molar-refractivity contribution in [2.24, 2.45) is 17.8 Å². The van der Waals surface area contributed by atoms with Gasteiger partial charge >= 0.3 is 5.97 Å². The molecule has 3 aromatic carbocycles. The summed E-state index contributed by atoms with van der Waals surface area (Å²) in [6.45, 7) is 0. The highest BCUT2D eigenvalue weighted by atomic mass is 35.5. The molecule has 0 bridgehead atoms. The molecule has 4 aliphatic rings. The maximum atomic E-state index is 15.1. The monoisotopic (exact) mass is 720 g/mol. The molecular formula is C33H19Cl2F5N2O7. The van der Waals surface area contributed by atoms with Crippen LogP contribution in [0, 0.1) is 46.8 Å². The highest BCUT2D eigenvalue weighted by molar-refractivity contribution is 6.58. The molecule has 9 nitrogen and oxygen atoms in total. The number of nitrogens with zero attached hydrogens (tertiary/aromatic N) is 2. The molecule has 1 saturated carbocycles. The standard InChI is InChI=1S/C33H19Cl2F5N2O7/c34-32-11-18-16(8-9-17-19(18)28(45)41(27(17)44)14-3-1-2-13(10-14)29(46)47)20(12-4-6-15(43)7-5-12)33(32,35)31(49)42(30(32)48)26-24(39)22(37)21(36)23(38)25(26)40/h1-8,10,17-20,43H,9,11H2,(H,46,47). The Kier molecular flexibility index (Phi) is 7.24. The Labute approximate surface area is 282 Å². The van der Waals surface area contributed by atoms with E-state index in [1.54, 1.807) is 0 Å². The summed E-state index contributed by atoms with van der Waals surface area (Å²) < 4.78 is 72.9. The molecule has 2 saturated heterocycles. The zero-order valence-electron chi connectivity index (χ0n) is 24.4. The van der Waals surface area contributed by atoms with Crippen molar-refractivity contribution in [2.75, 3.05) is 9.80 Å². The molecule has 49 heavy (non-hydrogen) atoms. The van der Waals surface area contributed by atoms with Crippen molar-refractivity contribution in [2.45, 2.75) is 28.5 Å². The van der Waals surface area contributed by atoms with Gasteiger partial charge < -0.3 is 10.2 Å². The van der Waals surface area contributed by atoms with Crippen LogP contribution < -0.4 is 9.80 Å². The Balaban J connectivity index is 1.41. The summed E-state index contributed by atoms with van der Waals surface area (Å²) in [5, 5.41) is 19.4. The molecule has 2 aliphatic heterocycles. The minimum atomic E-state index is -2.70. The number of halogens is 7. The molecular weight excluding hydrogens is 702 g/mol. The molecule has 6 unspecified atom stereocenters. The van der Waals surface area contributed by atoms with Gasteiger partial charge in [-0.2, -0.15) is 0 Å². The van der Waals surface area contributed by atoms with Crippen LogP contribution in [-0.4, -0.2) is 49.6 Å². The fourth-order valence-corrected chi connectivity index (χ4v) is 8.58. The highest BCUT2D eigenvalue weighted by Crippen LogP contribution is 2.66. The first-order chi connectivity index (χ1) is 23.1. The number of amides is 4. The van der Waals surface area contributed by atoms with E-state index < -0.39 is 104 Å².